The molecule has 0 saturated carbocycles. The van der Waals surface area contributed by atoms with Gasteiger partial charge in [0, 0.05) is 32.0 Å². The number of sulfonamides is 1. The Morgan fingerprint density at radius 3 is 2.26 bits per heavy atom. The number of hydrogen-bond acceptors (Lipinski definition) is 8. The molecule has 39 heavy (non-hydrogen) atoms. The predicted molar refractivity (Wildman–Crippen MR) is 143 cm³/mol. The maximum absolute atomic E-state index is 12.8. The van der Waals surface area contributed by atoms with Gasteiger partial charge in [0.25, 0.3) is 27.7 Å². The van der Waals surface area contributed by atoms with Crippen molar-refractivity contribution in [1.82, 2.24) is 20.3 Å². The van der Waals surface area contributed by atoms with E-state index in [1.807, 2.05) is 11.6 Å². The van der Waals surface area contributed by atoms with Crippen molar-refractivity contribution in [2.45, 2.75) is 18.2 Å². The van der Waals surface area contributed by atoms with E-state index in [2.05, 4.69) is 15.6 Å². The summed E-state index contributed by atoms with van der Waals surface area (Å²) in [6, 6.07) is 15.5. The standard InChI is InChI=1S/C27H30N4O7S/c1-3-38-22-10-7-20(8-11-22)25(32)28-14-13-19-5-4-6-23(17-19)39(35,36)31-26(33)21-9-12-24(30-18-21)27(34)29-15-16-37-2/h4-12,17-18H,3,13-16H2,1-2H3,(H,28,32)(H,29,34)(H,31,33). The Bertz CT molecular complexity index is 1390. The van der Waals surface area contributed by atoms with E-state index in [0.717, 1.165) is 6.20 Å². The van der Waals surface area contributed by atoms with E-state index < -0.39 is 21.8 Å². The van der Waals surface area contributed by atoms with E-state index in [4.69, 9.17) is 9.47 Å². The van der Waals surface area contributed by atoms with Crippen LogP contribution in [0, 0.1) is 0 Å². The van der Waals surface area contributed by atoms with Gasteiger partial charge in [-0.15, -0.1) is 0 Å². The van der Waals surface area contributed by atoms with E-state index in [-0.39, 0.29) is 28.6 Å². The third-order valence-corrected chi connectivity index (χ3v) is 6.74. The number of amides is 3. The zero-order valence-electron chi connectivity index (χ0n) is 21.6. The SMILES string of the molecule is CCOc1ccc(C(=O)NCCc2cccc(S(=O)(=O)NC(=O)c3ccc(C(=O)NCCOC)nc3)c2)cc1. The average molecular weight is 555 g/mol. The zero-order valence-corrected chi connectivity index (χ0v) is 22.4. The predicted octanol–water partition coefficient (Wildman–Crippen LogP) is 1.95. The number of rotatable bonds is 13. The number of nitrogens with zero attached hydrogens (tertiary/aromatic N) is 1. The first-order valence-electron chi connectivity index (χ1n) is 12.1. The second kappa shape index (κ2) is 14.0. The third kappa shape index (κ3) is 8.62. The number of pyridine rings is 1. The Morgan fingerprint density at radius 2 is 1.59 bits per heavy atom. The summed E-state index contributed by atoms with van der Waals surface area (Å²) < 4.78 is 37.9. The lowest BCUT2D eigenvalue weighted by atomic mass is 10.1. The van der Waals surface area contributed by atoms with Gasteiger partial charge >= 0.3 is 0 Å². The molecular formula is C27H30N4O7S. The molecule has 0 aliphatic carbocycles. The molecular weight excluding hydrogens is 524 g/mol. The molecule has 206 valence electrons. The highest BCUT2D eigenvalue weighted by molar-refractivity contribution is 7.90. The van der Waals surface area contributed by atoms with Crippen LogP contribution in [0.4, 0.5) is 0 Å². The minimum atomic E-state index is -4.18. The van der Waals surface area contributed by atoms with E-state index >= 15 is 0 Å². The van der Waals surface area contributed by atoms with Crippen molar-refractivity contribution in [2.24, 2.45) is 0 Å². The first kappa shape index (κ1) is 29.3. The number of methoxy groups -OCH3 is 1. The molecule has 3 rings (SSSR count). The Balaban J connectivity index is 1.56. The molecule has 0 unspecified atom stereocenters. The molecule has 0 radical (unpaired) electrons. The quantitative estimate of drug-likeness (QED) is 0.271. The number of carbonyl (C=O) groups excluding carboxylic acids is 3. The summed E-state index contributed by atoms with van der Waals surface area (Å²) in [6.07, 6.45) is 1.50. The molecule has 12 heteroatoms. The number of carbonyl (C=O) groups is 3. The van der Waals surface area contributed by atoms with Crippen molar-refractivity contribution >= 4 is 27.7 Å². The molecule has 2 aromatic carbocycles. The van der Waals surface area contributed by atoms with Gasteiger partial charge in [-0.25, -0.2) is 13.1 Å². The van der Waals surface area contributed by atoms with Crippen LogP contribution in [-0.2, 0) is 21.2 Å². The number of benzene rings is 2. The van der Waals surface area contributed by atoms with Crippen molar-refractivity contribution < 1.29 is 32.3 Å². The summed E-state index contributed by atoms with van der Waals surface area (Å²) in [4.78, 5) is 40.8. The van der Waals surface area contributed by atoms with Crippen LogP contribution in [-0.4, -0.2) is 64.5 Å². The van der Waals surface area contributed by atoms with Gasteiger partial charge in [-0.1, -0.05) is 12.1 Å². The molecule has 0 bridgehead atoms. The largest absolute Gasteiger partial charge is 0.494 e. The van der Waals surface area contributed by atoms with Gasteiger partial charge < -0.3 is 20.1 Å². The van der Waals surface area contributed by atoms with Crippen molar-refractivity contribution in [3.05, 3.63) is 89.2 Å². The number of aromatic nitrogens is 1. The average Bonchev–Trinajstić information content (AvgIpc) is 2.93. The summed E-state index contributed by atoms with van der Waals surface area (Å²) >= 11 is 0. The van der Waals surface area contributed by atoms with Crippen LogP contribution >= 0.6 is 0 Å². The lowest BCUT2D eigenvalue weighted by Gasteiger charge is -2.10. The Labute approximate surface area is 227 Å². The van der Waals surface area contributed by atoms with E-state index in [1.165, 1.54) is 31.4 Å². The van der Waals surface area contributed by atoms with Crippen LogP contribution < -0.4 is 20.1 Å². The molecule has 0 atom stereocenters. The first-order valence-corrected chi connectivity index (χ1v) is 13.6. The maximum Gasteiger partial charge on any atom is 0.269 e. The van der Waals surface area contributed by atoms with Crippen LogP contribution in [0.5, 0.6) is 5.75 Å². The molecule has 0 aliphatic rings. The highest BCUT2D eigenvalue weighted by atomic mass is 32.2. The second-order valence-electron chi connectivity index (χ2n) is 8.23. The summed E-state index contributed by atoms with van der Waals surface area (Å²) in [5.41, 5.74) is 1.18. The van der Waals surface area contributed by atoms with Crippen molar-refractivity contribution in [2.75, 3.05) is 33.4 Å². The molecule has 0 aliphatic heterocycles. The minimum absolute atomic E-state index is 0.0276. The van der Waals surface area contributed by atoms with Gasteiger partial charge in [-0.3, -0.25) is 19.4 Å². The van der Waals surface area contributed by atoms with Crippen molar-refractivity contribution in [3.63, 3.8) is 0 Å². The zero-order chi connectivity index (χ0) is 28.3. The molecule has 0 fully saturated rings. The summed E-state index contributed by atoms with van der Waals surface area (Å²) in [5, 5.41) is 5.39. The van der Waals surface area contributed by atoms with E-state index in [1.54, 1.807) is 36.4 Å². The van der Waals surface area contributed by atoms with Gasteiger partial charge in [0.1, 0.15) is 11.4 Å². The third-order valence-electron chi connectivity index (χ3n) is 5.41. The fraction of sp³-hybridized carbons (Fsp3) is 0.259. The number of hydrogen-bond donors (Lipinski definition) is 3. The van der Waals surface area contributed by atoms with E-state index in [0.29, 0.717) is 43.1 Å². The highest BCUT2D eigenvalue weighted by Gasteiger charge is 2.20. The Kier molecular flexibility index (Phi) is 10.5. The molecule has 1 aromatic heterocycles. The molecule has 3 amide bonds. The lowest BCUT2D eigenvalue weighted by Crippen LogP contribution is -2.31. The first-order chi connectivity index (χ1) is 18.7. The monoisotopic (exact) mass is 554 g/mol. The van der Waals surface area contributed by atoms with Gasteiger partial charge in [-0.2, -0.15) is 0 Å². The Morgan fingerprint density at radius 1 is 0.872 bits per heavy atom. The van der Waals surface area contributed by atoms with Gasteiger partial charge in [0.05, 0.1) is 23.7 Å². The van der Waals surface area contributed by atoms with Crippen LogP contribution in [0.3, 0.4) is 0 Å². The molecule has 3 aromatic rings. The van der Waals surface area contributed by atoms with Gasteiger partial charge in [-0.05, 0) is 67.4 Å². The van der Waals surface area contributed by atoms with E-state index in [9.17, 15) is 22.8 Å². The van der Waals surface area contributed by atoms with Crippen LogP contribution in [0.2, 0.25) is 0 Å². The highest BCUT2D eigenvalue weighted by Crippen LogP contribution is 2.14. The molecule has 0 saturated heterocycles. The van der Waals surface area contributed by atoms with Crippen LogP contribution in [0.25, 0.3) is 0 Å². The normalized spacial score (nSPS) is 10.9. The topological polar surface area (TPSA) is 153 Å². The lowest BCUT2D eigenvalue weighted by molar-refractivity contribution is 0.0927. The summed E-state index contributed by atoms with van der Waals surface area (Å²) in [5.74, 6) is -0.921. The minimum Gasteiger partial charge on any atom is -0.494 e. The second-order valence-corrected chi connectivity index (χ2v) is 9.91. The van der Waals surface area contributed by atoms with Crippen molar-refractivity contribution in [1.29, 1.82) is 0 Å². The number of ether oxygens (including phenoxy) is 2. The molecule has 11 nitrogen and oxygen atoms in total. The fourth-order valence-electron chi connectivity index (χ4n) is 3.42. The summed E-state index contributed by atoms with van der Waals surface area (Å²) in [6.45, 7) is 3.32. The van der Waals surface area contributed by atoms with Crippen LogP contribution in [0.1, 0.15) is 43.7 Å². The molecule has 1 heterocycles. The molecule has 0 spiro atoms. The maximum atomic E-state index is 12.8. The summed E-state index contributed by atoms with van der Waals surface area (Å²) in [7, 11) is -2.68. The molecule has 3 N–H and O–H groups in total. The van der Waals surface area contributed by atoms with Gasteiger partial charge in [0.15, 0.2) is 0 Å². The number of nitrogens with one attached hydrogen (secondary N) is 3. The smallest absolute Gasteiger partial charge is 0.269 e. The van der Waals surface area contributed by atoms with Crippen LogP contribution in [0.15, 0.2) is 71.8 Å². The van der Waals surface area contributed by atoms with Gasteiger partial charge in [0.2, 0.25) is 0 Å². The van der Waals surface area contributed by atoms with Crippen molar-refractivity contribution in [3.8, 4) is 5.75 Å². The fourth-order valence-corrected chi connectivity index (χ4v) is 4.46. The Hall–Kier alpha value is -4.29.